The van der Waals surface area contributed by atoms with Crippen molar-refractivity contribution in [2.45, 2.75) is 38.0 Å². The number of aromatic nitrogens is 4. The predicted octanol–water partition coefficient (Wildman–Crippen LogP) is 0.647. The number of nitrogens with two attached hydrogens (primary N) is 1. The number of rotatable bonds is 6. The zero-order valence-electron chi connectivity index (χ0n) is 14.9. The van der Waals surface area contributed by atoms with Gasteiger partial charge in [0, 0.05) is 18.5 Å². The molecule has 0 bridgehead atoms. The smallest absolute Gasteiger partial charge is 0.238 e. The summed E-state index contributed by atoms with van der Waals surface area (Å²) >= 11 is 6.02. The number of nitrogens with zero attached hydrogens (tertiary/aromatic N) is 4. The van der Waals surface area contributed by atoms with E-state index in [9.17, 15) is 9.59 Å². The number of hydrazine groups is 1. The van der Waals surface area contributed by atoms with Crippen molar-refractivity contribution < 1.29 is 9.59 Å². The van der Waals surface area contributed by atoms with E-state index in [2.05, 4.69) is 48.6 Å². The van der Waals surface area contributed by atoms with E-state index in [1.807, 2.05) is 0 Å². The van der Waals surface area contributed by atoms with E-state index in [1.54, 1.807) is 12.3 Å². The second kappa shape index (κ2) is 9.46. The molecule has 5 N–H and O–H groups in total. The number of anilines is 1. The zero-order chi connectivity index (χ0) is 19.9. The molecule has 0 radical (unpaired) electrons. The Morgan fingerprint density at radius 2 is 2.11 bits per heavy atom. The molecule has 12 heteroatoms. The Kier molecular flexibility index (Phi) is 6.76. The standard InChI is InChI=1S/C16H20N8O2S2/c17-15(27)23-21-13(26)6-9-1-2-10(5-9)14-22-24-16(28-14)20-12(25)7-11-3-4-18-8-19-11/h3-4,8-10H,1-2,5-7H2,(H,21,26)(H3,17,23,27)(H,20,24,25). The molecule has 0 saturated heterocycles. The van der Waals surface area contributed by atoms with E-state index in [1.165, 1.54) is 17.7 Å². The van der Waals surface area contributed by atoms with Crippen molar-refractivity contribution in [2.24, 2.45) is 11.7 Å². The van der Waals surface area contributed by atoms with Gasteiger partial charge in [-0.1, -0.05) is 11.3 Å². The average molecular weight is 421 g/mol. The van der Waals surface area contributed by atoms with Crippen molar-refractivity contribution in [1.29, 1.82) is 0 Å². The molecule has 148 valence electrons. The molecule has 1 aliphatic rings. The van der Waals surface area contributed by atoms with Crippen LogP contribution < -0.4 is 21.9 Å². The normalized spacial score (nSPS) is 18.4. The highest BCUT2D eigenvalue weighted by atomic mass is 32.1. The maximum Gasteiger partial charge on any atom is 0.238 e. The molecule has 0 aliphatic heterocycles. The third kappa shape index (κ3) is 5.89. The molecule has 3 rings (SSSR count). The molecular formula is C16H20N8O2S2. The number of hydrogen-bond acceptors (Lipinski definition) is 8. The molecule has 0 spiro atoms. The molecule has 2 heterocycles. The summed E-state index contributed by atoms with van der Waals surface area (Å²) in [5, 5.41) is 12.4. The maximum absolute atomic E-state index is 12.1. The molecule has 1 saturated carbocycles. The van der Waals surface area contributed by atoms with Crippen molar-refractivity contribution in [3.8, 4) is 0 Å². The van der Waals surface area contributed by atoms with E-state index in [-0.39, 0.29) is 35.2 Å². The molecule has 2 unspecified atom stereocenters. The largest absolute Gasteiger partial charge is 0.375 e. The van der Waals surface area contributed by atoms with Crippen LogP contribution in [0.3, 0.4) is 0 Å². The first-order valence-electron chi connectivity index (χ1n) is 8.72. The van der Waals surface area contributed by atoms with Gasteiger partial charge in [-0.25, -0.2) is 9.97 Å². The van der Waals surface area contributed by atoms with Gasteiger partial charge in [-0.05, 0) is 43.5 Å². The highest BCUT2D eigenvalue weighted by Gasteiger charge is 2.30. The summed E-state index contributed by atoms with van der Waals surface area (Å²) in [5.41, 5.74) is 10.8. The summed E-state index contributed by atoms with van der Waals surface area (Å²) in [5.74, 6) is 0.158. The lowest BCUT2D eigenvalue weighted by Gasteiger charge is -2.10. The van der Waals surface area contributed by atoms with Gasteiger partial charge in [0.25, 0.3) is 0 Å². The first-order valence-corrected chi connectivity index (χ1v) is 9.94. The van der Waals surface area contributed by atoms with Crippen LogP contribution in [0.15, 0.2) is 18.6 Å². The molecule has 0 aromatic carbocycles. The van der Waals surface area contributed by atoms with Crippen LogP contribution in [0.5, 0.6) is 0 Å². The lowest BCUT2D eigenvalue weighted by molar-refractivity contribution is -0.122. The van der Waals surface area contributed by atoms with Crippen LogP contribution in [0.2, 0.25) is 0 Å². The fourth-order valence-electron chi connectivity index (χ4n) is 3.13. The minimum Gasteiger partial charge on any atom is -0.375 e. The molecule has 2 aromatic heterocycles. The lowest BCUT2D eigenvalue weighted by Crippen LogP contribution is -2.44. The number of carbonyl (C=O) groups is 2. The molecule has 1 fully saturated rings. The van der Waals surface area contributed by atoms with Gasteiger partial charge in [-0.2, -0.15) is 0 Å². The van der Waals surface area contributed by atoms with Gasteiger partial charge in [-0.3, -0.25) is 20.4 Å². The Labute approximate surface area is 170 Å². The number of hydrogen-bond donors (Lipinski definition) is 4. The summed E-state index contributed by atoms with van der Waals surface area (Å²) in [6.07, 6.45) is 6.26. The molecular weight excluding hydrogens is 400 g/mol. The van der Waals surface area contributed by atoms with Crippen LogP contribution in [0, 0.1) is 5.92 Å². The molecule has 2 amide bonds. The minimum absolute atomic E-state index is 0.0285. The summed E-state index contributed by atoms with van der Waals surface area (Å²) in [6.45, 7) is 0. The van der Waals surface area contributed by atoms with E-state index in [4.69, 9.17) is 5.73 Å². The molecule has 2 atom stereocenters. The second-order valence-corrected chi connectivity index (χ2v) is 7.94. The average Bonchev–Trinajstić information content (AvgIpc) is 3.30. The monoisotopic (exact) mass is 420 g/mol. The first-order chi connectivity index (χ1) is 13.5. The van der Waals surface area contributed by atoms with Crippen molar-refractivity contribution >= 4 is 45.6 Å². The highest BCUT2D eigenvalue weighted by molar-refractivity contribution is 7.80. The zero-order valence-corrected chi connectivity index (χ0v) is 16.6. The summed E-state index contributed by atoms with van der Waals surface area (Å²) in [6, 6.07) is 1.69. The summed E-state index contributed by atoms with van der Waals surface area (Å²) in [7, 11) is 0. The Bertz CT molecular complexity index is 844. The van der Waals surface area contributed by atoms with Crippen molar-refractivity contribution in [1.82, 2.24) is 31.0 Å². The molecule has 28 heavy (non-hydrogen) atoms. The van der Waals surface area contributed by atoms with Crippen LogP contribution in [-0.4, -0.2) is 37.1 Å². The molecule has 10 nitrogen and oxygen atoms in total. The molecule has 1 aliphatic carbocycles. The topological polar surface area (TPSA) is 148 Å². The van der Waals surface area contributed by atoms with Crippen LogP contribution in [0.4, 0.5) is 5.13 Å². The van der Waals surface area contributed by atoms with Crippen molar-refractivity contribution in [2.75, 3.05) is 5.32 Å². The van der Waals surface area contributed by atoms with Crippen molar-refractivity contribution in [3.63, 3.8) is 0 Å². The van der Waals surface area contributed by atoms with Gasteiger partial charge >= 0.3 is 0 Å². The van der Waals surface area contributed by atoms with Crippen LogP contribution >= 0.6 is 23.6 Å². The Morgan fingerprint density at radius 1 is 1.25 bits per heavy atom. The van der Waals surface area contributed by atoms with Gasteiger partial charge in [0.15, 0.2) is 5.11 Å². The fourth-order valence-corrected chi connectivity index (χ4v) is 4.09. The maximum atomic E-state index is 12.1. The Hall–Kier alpha value is -2.73. The number of carbonyl (C=O) groups excluding carboxylic acids is 2. The highest BCUT2D eigenvalue weighted by Crippen LogP contribution is 2.41. The van der Waals surface area contributed by atoms with E-state index in [0.29, 0.717) is 17.2 Å². The number of amides is 2. The van der Waals surface area contributed by atoms with Crippen molar-refractivity contribution in [3.05, 3.63) is 29.3 Å². The minimum atomic E-state index is -0.201. The van der Waals surface area contributed by atoms with Gasteiger partial charge in [0.05, 0.1) is 12.1 Å². The van der Waals surface area contributed by atoms with Crippen LogP contribution in [0.1, 0.15) is 42.3 Å². The van der Waals surface area contributed by atoms with E-state index in [0.717, 1.165) is 24.3 Å². The first kappa shape index (κ1) is 20.0. The predicted molar refractivity (Wildman–Crippen MR) is 107 cm³/mol. The Balaban J connectivity index is 1.47. The lowest BCUT2D eigenvalue weighted by atomic mass is 10.0. The van der Waals surface area contributed by atoms with E-state index >= 15 is 0 Å². The number of thiocarbonyl (C=S) groups is 1. The SMILES string of the molecule is NC(=S)NNC(=O)CC1CCC(c2nnc(NC(=O)Cc3ccncn3)s2)C1. The van der Waals surface area contributed by atoms with E-state index < -0.39 is 0 Å². The third-order valence-electron chi connectivity index (χ3n) is 4.36. The molecule has 2 aromatic rings. The quantitative estimate of drug-likeness (QED) is 0.390. The van der Waals surface area contributed by atoms with Gasteiger partial charge in [-0.15, -0.1) is 10.2 Å². The van der Waals surface area contributed by atoms with Gasteiger partial charge in [0.2, 0.25) is 16.9 Å². The number of nitrogens with one attached hydrogen (secondary N) is 3. The van der Waals surface area contributed by atoms with Gasteiger partial charge < -0.3 is 11.1 Å². The van der Waals surface area contributed by atoms with Crippen LogP contribution in [-0.2, 0) is 16.0 Å². The van der Waals surface area contributed by atoms with Crippen LogP contribution in [0.25, 0.3) is 0 Å². The summed E-state index contributed by atoms with van der Waals surface area (Å²) < 4.78 is 0. The second-order valence-electron chi connectivity index (χ2n) is 6.49. The van der Waals surface area contributed by atoms with Gasteiger partial charge in [0.1, 0.15) is 11.3 Å². The Morgan fingerprint density at radius 3 is 2.86 bits per heavy atom. The third-order valence-corrected chi connectivity index (χ3v) is 5.46. The summed E-state index contributed by atoms with van der Waals surface area (Å²) in [4.78, 5) is 31.8. The fraction of sp³-hybridized carbons (Fsp3) is 0.438.